The first kappa shape index (κ1) is 16.2. The lowest BCUT2D eigenvalue weighted by atomic mass is 9.94. The number of hydrogen-bond acceptors (Lipinski definition) is 4. The third-order valence-corrected chi connectivity index (χ3v) is 3.04. The SMILES string of the molecule is CC1(C)CC(NC(=O)N[C@H](CC(N)=O)C(=O)O)CCO1. The molecule has 1 aliphatic heterocycles. The number of carbonyl (C=O) groups is 3. The van der Waals surface area contributed by atoms with Gasteiger partial charge in [-0.25, -0.2) is 9.59 Å². The lowest BCUT2D eigenvalue weighted by molar-refractivity contribution is -0.140. The molecular weight excluding hydrogens is 266 g/mol. The molecule has 0 aromatic rings. The van der Waals surface area contributed by atoms with Gasteiger partial charge in [-0.15, -0.1) is 0 Å². The molecule has 1 fully saturated rings. The quantitative estimate of drug-likeness (QED) is 0.545. The average Bonchev–Trinajstić information content (AvgIpc) is 2.25. The van der Waals surface area contributed by atoms with Crippen LogP contribution in [0.3, 0.4) is 0 Å². The van der Waals surface area contributed by atoms with Gasteiger partial charge in [0.1, 0.15) is 6.04 Å². The molecule has 0 aromatic heterocycles. The number of ether oxygens (including phenoxy) is 1. The molecule has 1 heterocycles. The van der Waals surface area contributed by atoms with Crippen LogP contribution in [-0.2, 0) is 14.3 Å². The molecule has 0 spiro atoms. The van der Waals surface area contributed by atoms with Gasteiger partial charge in [-0.3, -0.25) is 4.79 Å². The van der Waals surface area contributed by atoms with Gasteiger partial charge in [0.05, 0.1) is 12.0 Å². The highest BCUT2D eigenvalue weighted by molar-refractivity contribution is 5.87. The van der Waals surface area contributed by atoms with E-state index in [1.807, 2.05) is 13.8 Å². The van der Waals surface area contributed by atoms with Crippen LogP contribution in [0.5, 0.6) is 0 Å². The number of rotatable bonds is 5. The first-order valence-corrected chi connectivity index (χ1v) is 6.42. The molecule has 8 heteroatoms. The number of nitrogens with one attached hydrogen (secondary N) is 2. The van der Waals surface area contributed by atoms with Crippen molar-refractivity contribution < 1.29 is 24.2 Å². The molecule has 0 aliphatic carbocycles. The Hall–Kier alpha value is -1.83. The van der Waals surface area contributed by atoms with Crippen molar-refractivity contribution in [3.8, 4) is 0 Å². The second-order valence-corrected chi connectivity index (χ2v) is 5.48. The van der Waals surface area contributed by atoms with Crippen LogP contribution in [0, 0.1) is 0 Å². The molecular formula is C12H21N3O5. The first-order chi connectivity index (χ1) is 9.19. The average molecular weight is 287 g/mol. The van der Waals surface area contributed by atoms with E-state index >= 15 is 0 Å². The number of primary amides is 1. The van der Waals surface area contributed by atoms with Crippen LogP contribution in [0.2, 0.25) is 0 Å². The minimum atomic E-state index is -1.32. The Kier molecular flexibility index (Phi) is 5.32. The maximum Gasteiger partial charge on any atom is 0.326 e. The summed E-state index contributed by atoms with van der Waals surface area (Å²) in [4.78, 5) is 33.4. The third-order valence-electron chi connectivity index (χ3n) is 3.04. The molecule has 1 unspecified atom stereocenters. The smallest absolute Gasteiger partial charge is 0.326 e. The molecule has 0 bridgehead atoms. The van der Waals surface area contributed by atoms with E-state index in [4.69, 9.17) is 15.6 Å². The summed E-state index contributed by atoms with van der Waals surface area (Å²) in [7, 11) is 0. The Morgan fingerprint density at radius 3 is 2.60 bits per heavy atom. The van der Waals surface area contributed by atoms with Crippen LogP contribution in [-0.4, -0.2) is 47.3 Å². The van der Waals surface area contributed by atoms with E-state index in [-0.39, 0.29) is 11.6 Å². The van der Waals surface area contributed by atoms with Gasteiger partial charge in [-0.1, -0.05) is 0 Å². The molecule has 1 rings (SSSR count). The van der Waals surface area contributed by atoms with Gasteiger partial charge in [0.2, 0.25) is 5.91 Å². The molecule has 5 N–H and O–H groups in total. The number of nitrogens with two attached hydrogens (primary N) is 1. The maximum atomic E-state index is 11.7. The number of hydrogen-bond donors (Lipinski definition) is 4. The number of carbonyl (C=O) groups excluding carboxylic acids is 2. The Bertz CT molecular complexity index is 397. The normalized spacial score (nSPS) is 22.6. The molecule has 0 aromatic carbocycles. The van der Waals surface area contributed by atoms with Gasteiger partial charge >= 0.3 is 12.0 Å². The van der Waals surface area contributed by atoms with Gasteiger partial charge in [0, 0.05) is 12.6 Å². The van der Waals surface area contributed by atoms with Crippen molar-refractivity contribution >= 4 is 17.9 Å². The van der Waals surface area contributed by atoms with Crippen LogP contribution in [0.1, 0.15) is 33.1 Å². The maximum absolute atomic E-state index is 11.7. The second-order valence-electron chi connectivity index (χ2n) is 5.48. The highest BCUT2D eigenvalue weighted by Gasteiger charge is 2.30. The zero-order chi connectivity index (χ0) is 15.3. The summed E-state index contributed by atoms with van der Waals surface area (Å²) < 4.78 is 5.52. The summed E-state index contributed by atoms with van der Waals surface area (Å²) in [6.45, 7) is 4.37. The van der Waals surface area contributed by atoms with E-state index < -0.39 is 30.4 Å². The van der Waals surface area contributed by atoms with E-state index in [1.165, 1.54) is 0 Å². The van der Waals surface area contributed by atoms with E-state index in [1.54, 1.807) is 0 Å². The van der Waals surface area contributed by atoms with Gasteiger partial charge < -0.3 is 26.2 Å². The lowest BCUT2D eigenvalue weighted by Crippen LogP contribution is -2.53. The predicted molar refractivity (Wildman–Crippen MR) is 70.0 cm³/mol. The summed E-state index contributed by atoms with van der Waals surface area (Å²) in [5.41, 5.74) is 4.61. The molecule has 1 saturated heterocycles. The molecule has 0 radical (unpaired) electrons. The minimum Gasteiger partial charge on any atom is -0.480 e. The fraction of sp³-hybridized carbons (Fsp3) is 0.750. The standard InChI is InChI=1S/C12H21N3O5/c1-12(2)6-7(3-4-20-12)14-11(19)15-8(10(17)18)5-9(13)16/h7-8H,3-6H2,1-2H3,(H2,13,16)(H,17,18)(H2,14,15,19)/t7?,8-/m1/s1. The van der Waals surface area contributed by atoms with Crippen LogP contribution < -0.4 is 16.4 Å². The third kappa shape index (κ3) is 5.43. The Morgan fingerprint density at radius 1 is 1.45 bits per heavy atom. The lowest BCUT2D eigenvalue weighted by Gasteiger charge is -2.35. The molecule has 8 nitrogen and oxygen atoms in total. The molecule has 2 atom stereocenters. The van der Waals surface area contributed by atoms with Crippen LogP contribution in [0.4, 0.5) is 4.79 Å². The van der Waals surface area contributed by atoms with Crippen LogP contribution >= 0.6 is 0 Å². The van der Waals surface area contributed by atoms with Crippen molar-refractivity contribution in [2.75, 3.05) is 6.61 Å². The zero-order valence-electron chi connectivity index (χ0n) is 11.6. The number of urea groups is 1. The van der Waals surface area contributed by atoms with Crippen LogP contribution in [0.25, 0.3) is 0 Å². The van der Waals surface area contributed by atoms with Gasteiger partial charge in [0.25, 0.3) is 0 Å². The molecule has 1 aliphatic rings. The molecule has 20 heavy (non-hydrogen) atoms. The molecule has 114 valence electrons. The zero-order valence-corrected chi connectivity index (χ0v) is 11.6. The summed E-state index contributed by atoms with van der Waals surface area (Å²) in [5.74, 6) is -2.09. The second kappa shape index (κ2) is 6.56. The van der Waals surface area contributed by atoms with Crippen LogP contribution in [0.15, 0.2) is 0 Å². The van der Waals surface area contributed by atoms with Crippen molar-refractivity contribution in [1.82, 2.24) is 10.6 Å². The van der Waals surface area contributed by atoms with Gasteiger partial charge in [-0.05, 0) is 26.7 Å². The summed E-state index contributed by atoms with van der Waals surface area (Å²) in [6.07, 6.45) is 0.848. The highest BCUT2D eigenvalue weighted by Crippen LogP contribution is 2.23. The van der Waals surface area contributed by atoms with Crippen molar-refractivity contribution in [3.05, 3.63) is 0 Å². The van der Waals surface area contributed by atoms with Gasteiger partial charge in [-0.2, -0.15) is 0 Å². The number of aliphatic carboxylic acids is 1. The summed E-state index contributed by atoms with van der Waals surface area (Å²) >= 11 is 0. The number of amides is 3. The minimum absolute atomic E-state index is 0.0956. The fourth-order valence-electron chi connectivity index (χ4n) is 2.14. The summed E-state index contributed by atoms with van der Waals surface area (Å²) in [5, 5.41) is 13.8. The van der Waals surface area contributed by atoms with Crippen molar-refractivity contribution in [2.45, 2.75) is 50.8 Å². The van der Waals surface area contributed by atoms with E-state index in [9.17, 15) is 14.4 Å². The molecule has 3 amide bonds. The van der Waals surface area contributed by atoms with E-state index in [0.29, 0.717) is 19.4 Å². The van der Waals surface area contributed by atoms with Gasteiger partial charge in [0.15, 0.2) is 0 Å². The largest absolute Gasteiger partial charge is 0.480 e. The Morgan fingerprint density at radius 2 is 2.10 bits per heavy atom. The van der Waals surface area contributed by atoms with E-state index in [2.05, 4.69) is 10.6 Å². The Balaban J connectivity index is 2.49. The first-order valence-electron chi connectivity index (χ1n) is 6.42. The van der Waals surface area contributed by atoms with Crippen molar-refractivity contribution in [1.29, 1.82) is 0 Å². The number of carboxylic acids is 1. The van der Waals surface area contributed by atoms with E-state index in [0.717, 1.165) is 0 Å². The summed E-state index contributed by atoms with van der Waals surface area (Å²) in [6, 6.07) is -2.04. The van der Waals surface area contributed by atoms with Crippen molar-refractivity contribution in [3.63, 3.8) is 0 Å². The molecule has 0 saturated carbocycles. The number of carboxylic acid groups (broad SMARTS) is 1. The highest BCUT2D eigenvalue weighted by atomic mass is 16.5. The predicted octanol–water partition coefficient (Wildman–Crippen LogP) is -0.428. The van der Waals surface area contributed by atoms with Crippen molar-refractivity contribution in [2.24, 2.45) is 5.73 Å². The Labute approximate surface area is 117 Å². The fourth-order valence-corrected chi connectivity index (χ4v) is 2.14. The topological polar surface area (TPSA) is 131 Å². The monoisotopic (exact) mass is 287 g/mol.